The number of carboxylic acid groups (broad SMARTS) is 1. The normalized spacial score (nSPS) is 12.7. The van der Waals surface area contributed by atoms with E-state index in [0.717, 1.165) is 24.3 Å². The molecular weight excluding hydrogens is 537 g/mol. The lowest BCUT2D eigenvalue weighted by atomic mass is 10.1. The van der Waals surface area contributed by atoms with Crippen LogP contribution in [0.1, 0.15) is 27.2 Å². The topological polar surface area (TPSA) is 109 Å². The number of para-hydroxylation sites is 1. The number of amides is 2. The van der Waals surface area contributed by atoms with Gasteiger partial charge in [-0.3, -0.25) is 9.59 Å². The molecule has 0 saturated heterocycles. The monoisotopic (exact) mass is 556 g/mol. The fourth-order valence-electron chi connectivity index (χ4n) is 3.70. The number of nitrogens with one attached hydrogen (secondary N) is 2. The molecule has 0 radical (unpaired) electrons. The number of alkyl halides is 3. The van der Waals surface area contributed by atoms with E-state index in [0.29, 0.717) is 21.6 Å². The summed E-state index contributed by atoms with van der Waals surface area (Å²) in [4.78, 5) is 38.0. The third-order valence-corrected chi connectivity index (χ3v) is 5.88. The Hall–Kier alpha value is -4.57. The first-order valence-electron chi connectivity index (χ1n) is 11.5. The summed E-state index contributed by atoms with van der Waals surface area (Å²) in [5.74, 6) is -3.40. The van der Waals surface area contributed by atoms with Crippen molar-refractivity contribution in [3.05, 3.63) is 112 Å². The van der Waals surface area contributed by atoms with E-state index in [-0.39, 0.29) is 17.7 Å². The quantitative estimate of drug-likeness (QED) is 0.242. The smallest absolute Gasteiger partial charge is 0.416 e. The Morgan fingerprint density at radius 2 is 1.69 bits per heavy atom. The summed E-state index contributed by atoms with van der Waals surface area (Å²) in [5.41, 5.74) is -0.538. The van der Waals surface area contributed by atoms with Crippen molar-refractivity contribution in [2.75, 3.05) is 0 Å². The van der Waals surface area contributed by atoms with Crippen molar-refractivity contribution in [3.8, 4) is 0 Å². The molecule has 0 bridgehead atoms. The number of carboxylic acids is 1. The molecule has 0 fully saturated rings. The molecule has 0 aliphatic heterocycles. The molecule has 39 heavy (non-hydrogen) atoms. The number of hydrogen-bond donors (Lipinski definition) is 3. The van der Waals surface area contributed by atoms with E-state index in [1.54, 1.807) is 48.5 Å². The van der Waals surface area contributed by atoms with Crippen LogP contribution < -0.4 is 10.6 Å². The summed E-state index contributed by atoms with van der Waals surface area (Å²) in [5, 5.41) is 15.4. The molecule has 200 valence electrons. The van der Waals surface area contributed by atoms with E-state index in [9.17, 15) is 32.7 Å². The fraction of sp³-hybridized carbons (Fsp3) is 0.107. The number of aliphatic carboxylic acids is 1. The SMILES string of the molecule is O=C(NC(Cc1ccc(Cl)cc1)C(=O)O)C(=Cc1cccc(C(F)(F)F)c1)NC(=O)c1cc2ccccc2o1. The predicted molar refractivity (Wildman–Crippen MR) is 138 cm³/mol. The van der Waals surface area contributed by atoms with E-state index < -0.39 is 41.3 Å². The summed E-state index contributed by atoms with van der Waals surface area (Å²) in [6, 6.07) is 17.2. The van der Waals surface area contributed by atoms with Gasteiger partial charge in [0, 0.05) is 16.8 Å². The lowest BCUT2D eigenvalue weighted by Crippen LogP contribution is -2.45. The zero-order valence-corrected chi connectivity index (χ0v) is 20.7. The molecule has 3 N–H and O–H groups in total. The molecule has 1 aromatic heterocycles. The maximum atomic E-state index is 13.2. The Morgan fingerprint density at radius 3 is 2.36 bits per heavy atom. The molecule has 0 saturated carbocycles. The molecule has 1 heterocycles. The first-order valence-corrected chi connectivity index (χ1v) is 11.8. The van der Waals surface area contributed by atoms with E-state index >= 15 is 0 Å². The average molecular weight is 557 g/mol. The van der Waals surface area contributed by atoms with Gasteiger partial charge in [0.25, 0.3) is 11.8 Å². The van der Waals surface area contributed by atoms with E-state index in [4.69, 9.17) is 16.0 Å². The van der Waals surface area contributed by atoms with Crippen LogP contribution >= 0.6 is 11.6 Å². The largest absolute Gasteiger partial charge is 0.480 e. The van der Waals surface area contributed by atoms with Crippen LogP contribution in [0.4, 0.5) is 13.2 Å². The Bertz CT molecular complexity index is 1530. The van der Waals surface area contributed by atoms with Crippen LogP contribution in [-0.4, -0.2) is 28.9 Å². The fourth-order valence-corrected chi connectivity index (χ4v) is 3.83. The van der Waals surface area contributed by atoms with Gasteiger partial charge in [-0.05, 0) is 53.6 Å². The molecule has 4 aromatic rings. The molecule has 1 atom stereocenters. The van der Waals surface area contributed by atoms with Crippen molar-refractivity contribution in [1.82, 2.24) is 10.6 Å². The van der Waals surface area contributed by atoms with Crippen LogP contribution in [-0.2, 0) is 22.2 Å². The first kappa shape index (κ1) is 27.5. The summed E-state index contributed by atoms with van der Waals surface area (Å²) in [6.45, 7) is 0. The van der Waals surface area contributed by atoms with Gasteiger partial charge in [0.1, 0.15) is 17.3 Å². The van der Waals surface area contributed by atoms with Gasteiger partial charge in [0.05, 0.1) is 5.56 Å². The van der Waals surface area contributed by atoms with Gasteiger partial charge < -0.3 is 20.2 Å². The minimum atomic E-state index is -4.64. The van der Waals surface area contributed by atoms with Crippen molar-refractivity contribution < 1.29 is 37.1 Å². The van der Waals surface area contributed by atoms with E-state index in [2.05, 4.69) is 10.6 Å². The van der Waals surface area contributed by atoms with Gasteiger partial charge in [0.15, 0.2) is 5.76 Å². The van der Waals surface area contributed by atoms with E-state index in [1.165, 1.54) is 12.1 Å². The second kappa shape index (κ2) is 11.4. The summed E-state index contributed by atoms with van der Waals surface area (Å²) in [6.07, 6.45) is -3.74. The Kier molecular flexibility index (Phi) is 8.06. The standard InChI is InChI=1S/C28H20ClF3N2O5/c29-20-10-8-16(9-11-20)13-22(27(37)38)34-25(35)21(14-17-4-3-6-19(12-17)28(30,31)32)33-26(36)24-15-18-5-1-2-7-23(18)39-24/h1-12,14-15,22H,13H2,(H,33,36)(H,34,35)(H,37,38). The minimum Gasteiger partial charge on any atom is -0.480 e. The van der Waals surface area contributed by atoms with Crippen molar-refractivity contribution in [1.29, 1.82) is 0 Å². The third-order valence-electron chi connectivity index (χ3n) is 5.62. The van der Waals surface area contributed by atoms with Crippen molar-refractivity contribution in [2.45, 2.75) is 18.6 Å². The van der Waals surface area contributed by atoms with Crippen LogP contribution in [0.2, 0.25) is 5.02 Å². The minimum absolute atomic E-state index is 0.0514. The van der Waals surface area contributed by atoms with Crippen LogP contribution in [0.3, 0.4) is 0 Å². The maximum absolute atomic E-state index is 13.2. The molecule has 7 nitrogen and oxygen atoms in total. The third kappa shape index (κ3) is 7.05. The van der Waals surface area contributed by atoms with Crippen molar-refractivity contribution in [2.24, 2.45) is 0 Å². The number of benzene rings is 3. The van der Waals surface area contributed by atoms with Crippen LogP contribution in [0.15, 0.2) is 89.0 Å². The van der Waals surface area contributed by atoms with Crippen LogP contribution in [0, 0.1) is 0 Å². The average Bonchev–Trinajstić information content (AvgIpc) is 3.33. The Labute approximate surface area is 224 Å². The van der Waals surface area contributed by atoms with Crippen molar-refractivity contribution >= 4 is 46.4 Å². The molecule has 0 aliphatic carbocycles. The van der Waals surface area contributed by atoms with Gasteiger partial charge in [-0.2, -0.15) is 13.2 Å². The van der Waals surface area contributed by atoms with Crippen LogP contribution in [0.5, 0.6) is 0 Å². The summed E-state index contributed by atoms with van der Waals surface area (Å²) >= 11 is 5.87. The summed E-state index contributed by atoms with van der Waals surface area (Å²) < 4.78 is 45.2. The zero-order valence-electron chi connectivity index (χ0n) is 20.0. The zero-order chi connectivity index (χ0) is 28.2. The number of hydrogen-bond acceptors (Lipinski definition) is 4. The van der Waals surface area contributed by atoms with Gasteiger partial charge in [-0.15, -0.1) is 0 Å². The first-order chi connectivity index (χ1) is 18.5. The predicted octanol–water partition coefficient (Wildman–Crippen LogP) is 5.69. The second-order valence-electron chi connectivity index (χ2n) is 8.48. The molecule has 0 aliphatic rings. The Morgan fingerprint density at radius 1 is 0.974 bits per heavy atom. The van der Waals surface area contributed by atoms with Gasteiger partial charge in [-0.1, -0.05) is 54.1 Å². The molecule has 3 aromatic carbocycles. The second-order valence-corrected chi connectivity index (χ2v) is 8.92. The molecule has 0 spiro atoms. The van der Waals surface area contributed by atoms with E-state index in [1.807, 2.05) is 0 Å². The number of carbonyl (C=O) groups is 3. The Balaban J connectivity index is 1.64. The van der Waals surface area contributed by atoms with Gasteiger partial charge >= 0.3 is 12.1 Å². The lowest BCUT2D eigenvalue weighted by Gasteiger charge is -2.17. The molecule has 2 amide bonds. The maximum Gasteiger partial charge on any atom is 0.416 e. The summed E-state index contributed by atoms with van der Waals surface area (Å²) in [7, 11) is 0. The van der Waals surface area contributed by atoms with Gasteiger partial charge in [-0.25, -0.2) is 4.79 Å². The molecule has 1 unspecified atom stereocenters. The number of fused-ring (bicyclic) bond motifs is 1. The molecule has 11 heteroatoms. The number of halogens is 4. The van der Waals surface area contributed by atoms with Crippen molar-refractivity contribution in [3.63, 3.8) is 0 Å². The lowest BCUT2D eigenvalue weighted by molar-refractivity contribution is -0.141. The van der Waals surface area contributed by atoms with Gasteiger partial charge in [0.2, 0.25) is 0 Å². The molecule has 4 rings (SSSR count). The van der Waals surface area contributed by atoms with Crippen LogP contribution in [0.25, 0.3) is 17.0 Å². The number of furan rings is 1. The highest BCUT2D eigenvalue weighted by molar-refractivity contribution is 6.30. The highest BCUT2D eigenvalue weighted by atomic mass is 35.5. The number of carbonyl (C=O) groups excluding carboxylic acids is 2. The highest BCUT2D eigenvalue weighted by Crippen LogP contribution is 2.30. The number of rotatable bonds is 8. The highest BCUT2D eigenvalue weighted by Gasteiger charge is 2.30. The molecular formula is C28H20ClF3N2O5.